The van der Waals surface area contributed by atoms with E-state index >= 15 is 0 Å². The van der Waals surface area contributed by atoms with Crippen LogP contribution in [0.2, 0.25) is 0 Å². The first-order valence-electron chi connectivity index (χ1n) is 7.84. The van der Waals surface area contributed by atoms with Gasteiger partial charge in [-0.25, -0.2) is 0 Å². The Morgan fingerprint density at radius 1 is 1.04 bits per heavy atom. The molecule has 3 rings (SSSR count). The largest absolute Gasteiger partial charge is 0.460 e. The van der Waals surface area contributed by atoms with Crippen LogP contribution in [0.15, 0.2) is 60.7 Å². The summed E-state index contributed by atoms with van der Waals surface area (Å²) in [4.78, 5) is 14.4. The fourth-order valence-corrected chi connectivity index (χ4v) is 2.90. The number of ether oxygens (including phenoxy) is 1. The average molecular weight is 332 g/mol. The van der Waals surface area contributed by atoms with Gasteiger partial charge in [0.05, 0.1) is 13.0 Å². The van der Waals surface area contributed by atoms with Crippen LogP contribution in [0.25, 0.3) is 0 Å². The summed E-state index contributed by atoms with van der Waals surface area (Å²) < 4.78 is 5.67. The second-order valence-electron chi connectivity index (χ2n) is 5.70. The Balaban J connectivity index is 0.00000192. The van der Waals surface area contributed by atoms with E-state index in [0.29, 0.717) is 6.42 Å². The highest BCUT2D eigenvalue weighted by Gasteiger charge is 2.23. The van der Waals surface area contributed by atoms with Gasteiger partial charge in [-0.2, -0.15) is 0 Å². The van der Waals surface area contributed by atoms with E-state index in [1.807, 2.05) is 48.5 Å². The Morgan fingerprint density at radius 3 is 2.39 bits per heavy atom. The zero-order valence-corrected chi connectivity index (χ0v) is 13.9. The molecule has 1 aliphatic rings. The van der Waals surface area contributed by atoms with E-state index in [0.717, 1.165) is 31.5 Å². The van der Waals surface area contributed by atoms with E-state index in [-0.39, 0.29) is 24.5 Å². The van der Waals surface area contributed by atoms with Crippen molar-refractivity contribution in [3.05, 3.63) is 66.2 Å². The number of para-hydroxylation sites is 1. The maximum atomic E-state index is 12.1. The van der Waals surface area contributed by atoms with Crippen LogP contribution >= 0.6 is 12.4 Å². The third-order valence-electron chi connectivity index (χ3n) is 3.99. The maximum Gasteiger partial charge on any atom is 0.310 e. The molecule has 1 heterocycles. The molecule has 0 radical (unpaired) electrons. The molecule has 0 aliphatic carbocycles. The quantitative estimate of drug-likeness (QED) is 0.797. The Morgan fingerprint density at radius 2 is 1.70 bits per heavy atom. The summed E-state index contributed by atoms with van der Waals surface area (Å²) in [7, 11) is 0. The van der Waals surface area contributed by atoms with Crippen molar-refractivity contribution in [1.82, 2.24) is 0 Å². The number of piperidine rings is 1. The van der Waals surface area contributed by atoms with Gasteiger partial charge in [0.1, 0.15) is 6.10 Å². The molecule has 1 saturated heterocycles. The molecular weight excluding hydrogens is 310 g/mol. The molecule has 0 spiro atoms. The Bertz CT molecular complexity index is 603. The molecule has 0 N–H and O–H groups in total. The molecule has 0 saturated carbocycles. The zero-order valence-electron chi connectivity index (χ0n) is 13.1. The fourth-order valence-electron chi connectivity index (χ4n) is 2.90. The van der Waals surface area contributed by atoms with Crippen molar-refractivity contribution in [3.63, 3.8) is 0 Å². The Labute approximate surface area is 143 Å². The molecule has 2 aromatic rings. The van der Waals surface area contributed by atoms with Crippen molar-refractivity contribution in [3.8, 4) is 0 Å². The molecular formula is C19H22ClNO2. The first-order valence-corrected chi connectivity index (χ1v) is 7.84. The zero-order chi connectivity index (χ0) is 15.2. The van der Waals surface area contributed by atoms with Crippen LogP contribution in [0.5, 0.6) is 0 Å². The fraction of sp³-hybridized carbons (Fsp3) is 0.316. The van der Waals surface area contributed by atoms with Crippen molar-refractivity contribution in [2.24, 2.45) is 0 Å². The number of halogens is 1. The minimum atomic E-state index is -0.133. The predicted molar refractivity (Wildman–Crippen MR) is 95.2 cm³/mol. The van der Waals surface area contributed by atoms with E-state index in [4.69, 9.17) is 4.74 Å². The van der Waals surface area contributed by atoms with Crippen LogP contribution in [-0.4, -0.2) is 25.2 Å². The van der Waals surface area contributed by atoms with Crippen LogP contribution in [0, 0.1) is 0 Å². The van der Waals surface area contributed by atoms with Crippen molar-refractivity contribution in [2.45, 2.75) is 25.4 Å². The average Bonchev–Trinajstić information content (AvgIpc) is 2.57. The van der Waals surface area contributed by atoms with Gasteiger partial charge < -0.3 is 9.64 Å². The van der Waals surface area contributed by atoms with Crippen molar-refractivity contribution in [2.75, 3.05) is 18.0 Å². The highest BCUT2D eigenvalue weighted by atomic mass is 35.5. The lowest BCUT2D eigenvalue weighted by Crippen LogP contribution is -2.40. The van der Waals surface area contributed by atoms with Gasteiger partial charge >= 0.3 is 5.97 Å². The SMILES string of the molecule is Cl.O=C(Cc1ccccc1)OC1CCCN(c2ccccc2)C1. The normalized spacial score (nSPS) is 17.2. The van der Waals surface area contributed by atoms with Gasteiger partial charge in [-0.05, 0) is 30.5 Å². The Hall–Kier alpha value is -2.00. The third-order valence-corrected chi connectivity index (χ3v) is 3.99. The smallest absolute Gasteiger partial charge is 0.310 e. The second kappa shape index (κ2) is 8.59. The summed E-state index contributed by atoms with van der Waals surface area (Å²) in [6.07, 6.45) is 2.34. The molecule has 0 amide bonds. The predicted octanol–water partition coefficient (Wildman–Crippen LogP) is 3.86. The molecule has 23 heavy (non-hydrogen) atoms. The van der Waals surface area contributed by atoms with E-state index in [1.165, 1.54) is 5.69 Å². The van der Waals surface area contributed by atoms with E-state index in [9.17, 15) is 4.79 Å². The number of esters is 1. The maximum absolute atomic E-state index is 12.1. The molecule has 4 heteroatoms. The topological polar surface area (TPSA) is 29.5 Å². The standard InChI is InChI=1S/C19H21NO2.ClH/c21-19(14-16-8-3-1-4-9-16)22-18-12-7-13-20(15-18)17-10-5-2-6-11-17;/h1-6,8-11,18H,7,12-15H2;1H. The summed E-state index contributed by atoms with van der Waals surface area (Å²) >= 11 is 0. The molecule has 1 fully saturated rings. The number of anilines is 1. The van der Waals surface area contributed by atoms with Crippen LogP contribution in [-0.2, 0) is 16.0 Å². The lowest BCUT2D eigenvalue weighted by atomic mass is 10.1. The van der Waals surface area contributed by atoms with Gasteiger partial charge in [-0.1, -0.05) is 48.5 Å². The van der Waals surface area contributed by atoms with Gasteiger partial charge in [0, 0.05) is 12.2 Å². The van der Waals surface area contributed by atoms with Gasteiger partial charge in [-0.15, -0.1) is 12.4 Å². The van der Waals surface area contributed by atoms with Crippen LogP contribution in [0.3, 0.4) is 0 Å². The van der Waals surface area contributed by atoms with Crippen molar-refractivity contribution >= 4 is 24.1 Å². The molecule has 2 aromatic carbocycles. The summed E-state index contributed by atoms with van der Waals surface area (Å²) in [5, 5.41) is 0. The van der Waals surface area contributed by atoms with Gasteiger partial charge in [0.2, 0.25) is 0 Å². The first-order chi connectivity index (χ1) is 10.8. The molecule has 1 unspecified atom stereocenters. The first kappa shape index (κ1) is 17.4. The van der Waals surface area contributed by atoms with Crippen molar-refractivity contribution < 1.29 is 9.53 Å². The summed E-state index contributed by atoms with van der Waals surface area (Å²) in [5.74, 6) is -0.133. The molecule has 3 nitrogen and oxygen atoms in total. The highest BCUT2D eigenvalue weighted by molar-refractivity contribution is 5.85. The van der Waals surface area contributed by atoms with Crippen molar-refractivity contribution in [1.29, 1.82) is 0 Å². The molecule has 0 bridgehead atoms. The number of nitrogens with zero attached hydrogens (tertiary/aromatic N) is 1. The minimum Gasteiger partial charge on any atom is -0.460 e. The van der Waals surface area contributed by atoms with Crippen LogP contribution in [0.1, 0.15) is 18.4 Å². The van der Waals surface area contributed by atoms with Gasteiger partial charge in [0.15, 0.2) is 0 Å². The number of hydrogen-bond acceptors (Lipinski definition) is 3. The lowest BCUT2D eigenvalue weighted by Gasteiger charge is -2.34. The molecule has 1 aliphatic heterocycles. The van der Waals surface area contributed by atoms with Gasteiger partial charge in [-0.3, -0.25) is 4.79 Å². The van der Waals surface area contributed by atoms with Gasteiger partial charge in [0.25, 0.3) is 0 Å². The number of carbonyl (C=O) groups is 1. The number of hydrogen-bond donors (Lipinski definition) is 0. The van der Waals surface area contributed by atoms with Crippen LogP contribution < -0.4 is 4.90 Å². The Kier molecular flexibility index (Phi) is 6.48. The lowest BCUT2D eigenvalue weighted by molar-refractivity contribution is -0.148. The summed E-state index contributed by atoms with van der Waals surface area (Å²) in [6, 6.07) is 20.1. The highest BCUT2D eigenvalue weighted by Crippen LogP contribution is 2.21. The number of rotatable bonds is 4. The number of benzene rings is 2. The van der Waals surface area contributed by atoms with E-state index in [2.05, 4.69) is 17.0 Å². The minimum absolute atomic E-state index is 0. The second-order valence-corrected chi connectivity index (χ2v) is 5.70. The molecule has 1 atom stereocenters. The summed E-state index contributed by atoms with van der Waals surface area (Å²) in [5.41, 5.74) is 2.20. The third kappa shape index (κ3) is 5.00. The number of carbonyl (C=O) groups excluding carboxylic acids is 1. The van der Waals surface area contributed by atoms with E-state index in [1.54, 1.807) is 0 Å². The molecule has 122 valence electrons. The monoisotopic (exact) mass is 331 g/mol. The van der Waals surface area contributed by atoms with Crippen LogP contribution in [0.4, 0.5) is 5.69 Å². The molecule has 0 aromatic heterocycles. The summed E-state index contributed by atoms with van der Waals surface area (Å²) in [6.45, 7) is 1.81. The van der Waals surface area contributed by atoms with E-state index < -0.39 is 0 Å².